The number of benzene rings is 1. The van der Waals surface area contributed by atoms with Crippen LogP contribution in [0.25, 0.3) is 0 Å². The number of hydrogen-bond acceptors (Lipinski definition) is 5. The van der Waals surface area contributed by atoms with E-state index in [1.807, 2.05) is 13.8 Å². The van der Waals surface area contributed by atoms with E-state index in [1.54, 1.807) is 12.1 Å². The van der Waals surface area contributed by atoms with Crippen molar-refractivity contribution in [1.82, 2.24) is 4.90 Å². The monoisotopic (exact) mass is 314 g/mol. The van der Waals surface area contributed by atoms with Crippen molar-refractivity contribution in [1.29, 1.82) is 0 Å². The lowest BCUT2D eigenvalue weighted by Crippen LogP contribution is -2.38. The molecular formula is C14H22N2O4S. The van der Waals surface area contributed by atoms with Crippen molar-refractivity contribution >= 4 is 10.0 Å². The molecule has 0 unspecified atom stereocenters. The van der Waals surface area contributed by atoms with E-state index in [1.165, 1.54) is 0 Å². The van der Waals surface area contributed by atoms with Crippen LogP contribution < -0.4 is 9.88 Å². The summed E-state index contributed by atoms with van der Waals surface area (Å²) >= 11 is 0. The second-order valence-electron chi connectivity index (χ2n) is 5.23. The third kappa shape index (κ3) is 4.41. The second-order valence-corrected chi connectivity index (χ2v) is 6.80. The molecule has 0 radical (unpaired) electrons. The SMILES string of the molecule is Cc1cc(S(N)(=O)=O)cc(C)c1OCCN1CCOCC1. The zero-order valence-corrected chi connectivity index (χ0v) is 13.3. The molecule has 1 aliphatic heterocycles. The maximum absolute atomic E-state index is 11.4. The van der Waals surface area contributed by atoms with Crippen molar-refractivity contribution in [2.24, 2.45) is 5.14 Å². The van der Waals surface area contributed by atoms with Gasteiger partial charge in [-0.05, 0) is 37.1 Å². The minimum absolute atomic E-state index is 0.123. The molecule has 0 aliphatic carbocycles. The summed E-state index contributed by atoms with van der Waals surface area (Å²) in [6.07, 6.45) is 0. The molecule has 6 nitrogen and oxygen atoms in total. The van der Waals surface area contributed by atoms with Crippen molar-refractivity contribution in [3.8, 4) is 5.75 Å². The van der Waals surface area contributed by atoms with Crippen LogP contribution in [-0.4, -0.2) is 52.8 Å². The fourth-order valence-corrected chi connectivity index (χ4v) is 3.09. The van der Waals surface area contributed by atoms with E-state index in [9.17, 15) is 8.42 Å². The highest BCUT2D eigenvalue weighted by molar-refractivity contribution is 7.89. The first-order valence-electron chi connectivity index (χ1n) is 6.95. The molecule has 1 saturated heterocycles. The standard InChI is InChI=1S/C14H22N2O4S/c1-11-9-13(21(15,17)18)10-12(2)14(11)20-8-5-16-3-6-19-7-4-16/h9-10H,3-8H2,1-2H3,(H2,15,17,18). The van der Waals surface area contributed by atoms with E-state index >= 15 is 0 Å². The van der Waals surface area contributed by atoms with Gasteiger partial charge < -0.3 is 9.47 Å². The molecule has 0 aromatic heterocycles. The smallest absolute Gasteiger partial charge is 0.238 e. The maximum atomic E-state index is 11.4. The van der Waals surface area contributed by atoms with Gasteiger partial charge in [0.2, 0.25) is 10.0 Å². The van der Waals surface area contributed by atoms with Crippen LogP contribution in [0.2, 0.25) is 0 Å². The fourth-order valence-electron chi connectivity index (χ4n) is 2.40. The summed E-state index contributed by atoms with van der Waals surface area (Å²) in [4.78, 5) is 2.41. The van der Waals surface area contributed by atoms with E-state index in [0.29, 0.717) is 6.61 Å². The molecule has 1 heterocycles. The zero-order chi connectivity index (χ0) is 15.5. The Labute approximate surface area is 125 Å². The number of morpholine rings is 1. The van der Waals surface area contributed by atoms with Crippen LogP contribution in [0, 0.1) is 13.8 Å². The topological polar surface area (TPSA) is 81.9 Å². The average Bonchev–Trinajstić information content (AvgIpc) is 2.42. The van der Waals surface area contributed by atoms with Crippen LogP contribution in [0.4, 0.5) is 0 Å². The lowest BCUT2D eigenvalue weighted by atomic mass is 10.1. The Bertz CT molecular complexity index is 572. The summed E-state index contributed by atoms with van der Waals surface area (Å²) in [5.41, 5.74) is 1.56. The van der Waals surface area contributed by atoms with Crippen LogP contribution >= 0.6 is 0 Å². The Morgan fingerprint density at radius 3 is 2.33 bits per heavy atom. The molecule has 0 spiro atoms. The van der Waals surface area contributed by atoms with E-state index in [-0.39, 0.29) is 4.90 Å². The molecule has 1 aliphatic rings. The molecule has 0 saturated carbocycles. The van der Waals surface area contributed by atoms with Gasteiger partial charge in [0.15, 0.2) is 0 Å². The molecule has 0 atom stereocenters. The number of nitrogens with zero attached hydrogens (tertiary/aromatic N) is 1. The molecule has 0 amide bonds. The van der Waals surface area contributed by atoms with Crippen molar-refractivity contribution in [3.05, 3.63) is 23.3 Å². The highest BCUT2D eigenvalue weighted by atomic mass is 32.2. The van der Waals surface area contributed by atoms with Crippen LogP contribution in [-0.2, 0) is 14.8 Å². The average molecular weight is 314 g/mol. The first kappa shape index (κ1) is 16.2. The lowest BCUT2D eigenvalue weighted by molar-refractivity contribution is 0.0322. The van der Waals surface area contributed by atoms with Crippen LogP contribution in [0.3, 0.4) is 0 Å². The van der Waals surface area contributed by atoms with E-state index in [2.05, 4.69) is 4.90 Å². The van der Waals surface area contributed by atoms with Gasteiger partial charge in [0, 0.05) is 19.6 Å². The molecule has 1 aromatic carbocycles. The van der Waals surface area contributed by atoms with E-state index < -0.39 is 10.0 Å². The van der Waals surface area contributed by atoms with Crippen LogP contribution in [0.1, 0.15) is 11.1 Å². The number of nitrogens with two attached hydrogens (primary N) is 1. The Hall–Kier alpha value is -1.15. The number of ether oxygens (including phenoxy) is 2. The normalized spacial score (nSPS) is 16.9. The summed E-state index contributed by atoms with van der Waals surface area (Å²) in [7, 11) is -3.68. The van der Waals surface area contributed by atoms with Gasteiger partial charge >= 0.3 is 0 Å². The molecule has 2 rings (SSSR count). The minimum atomic E-state index is -3.68. The molecule has 2 N–H and O–H groups in total. The predicted octanol–water partition coefficient (Wildman–Crippen LogP) is 0.662. The van der Waals surface area contributed by atoms with E-state index in [4.69, 9.17) is 14.6 Å². The molecule has 1 aromatic rings. The number of aryl methyl sites for hydroxylation is 2. The number of sulfonamides is 1. The maximum Gasteiger partial charge on any atom is 0.238 e. The Kier molecular flexibility index (Phi) is 5.21. The van der Waals surface area contributed by atoms with Gasteiger partial charge in [-0.2, -0.15) is 0 Å². The third-order valence-corrected chi connectivity index (χ3v) is 4.41. The quantitative estimate of drug-likeness (QED) is 0.863. The molecule has 1 fully saturated rings. The Balaban J connectivity index is 2.00. The number of rotatable bonds is 5. The second kappa shape index (κ2) is 6.74. The minimum Gasteiger partial charge on any atom is -0.492 e. The van der Waals surface area contributed by atoms with Gasteiger partial charge in [-0.15, -0.1) is 0 Å². The van der Waals surface area contributed by atoms with E-state index in [0.717, 1.165) is 49.7 Å². The third-order valence-electron chi connectivity index (χ3n) is 3.52. The molecule has 118 valence electrons. The van der Waals surface area contributed by atoms with Gasteiger partial charge in [-0.1, -0.05) is 0 Å². The first-order valence-corrected chi connectivity index (χ1v) is 8.49. The van der Waals surface area contributed by atoms with Gasteiger partial charge in [0.25, 0.3) is 0 Å². The summed E-state index contributed by atoms with van der Waals surface area (Å²) in [5, 5.41) is 5.16. The Morgan fingerprint density at radius 2 is 1.81 bits per heavy atom. The first-order chi connectivity index (χ1) is 9.88. The van der Waals surface area contributed by atoms with Gasteiger partial charge in [-0.3, -0.25) is 4.90 Å². The highest BCUT2D eigenvalue weighted by Gasteiger charge is 2.14. The summed E-state index contributed by atoms with van der Waals surface area (Å²) in [6.45, 7) is 8.42. The Morgan fingerprint density at radius 1 is 1.24 bits per heavy atom. The van der Waals surface area contributed by atoms with Crippen molar-refractivity contribution in [2.75, 3.05) is 39.5 Å². The van der Waals surface area contributed by atoms with Crippen LogP contribution in [0.15, 0.2) is 17.0 Å². The van der Waals surface area contributed by atoms with Gasteiger partial charge in [-0.25, -0.2) is 13.6 Å². The van der Waals surface area contributed by atoms with Crippen molar-refractivity contribution in [2.45, 2.75) is 18.7 Å². The molecule has 21 heavy (non-hydrogen) atoms. The highest BCUT2D eigenvalue weighted by Crippen LogP contribution is 2.26. The molecular weight excluding hydrogens is 292 g/mol. The molecule has 7 heteroatoms. The molecule has 0 bridgehead atoms. The van der Waals surface area contributed by atoms with Crippen molar-refractivity contribution in [3.63, 3.8) is 0 Å². The zero-order valence-electron chi connectivity index (χ0n) is 12.5. The number of primary sulfonamides is 1. The van der Waals surface area contributed by atoms with Crippen molar-refractivity contribution < 1.29 is 17.9 Å². The van der Waals surface area contributed by atoms with Crippen LogP contribution in [0.5, 0.6) is 5.75 Å². The summed E-state index contributed by atoms with van der Waals surface area (Å²) < 4.78 is 33.9. The van der Waals surface area contributed by atoms with Gasteiger partial charge in [0.1, 0.15) is 12.4 Å². The lowest BCUT2D eigenvalue weighted by Gasteiger charge is -2.26. The number of hydrogen-bond donors (Lipinski definition) is 1. The summed E-state index contributed by atoms with van der Waals surface area (Å²) in [6, 6.07) is 3.10. The summed E-state index contributed by atoms with van der Waals surface area (Å²) in [5.74, 6) is 0.732. The van der Waals surface area contributed by atoms with Gasteiger partial charge in [0.05, 0.1) is 18.1 Å². The fraction of sp³-hybridized carbons (Fsp3) is 0.571. The largest absolute Gasteiger partial charge is 0.492 e. The predicted molar refractivity (Wildman–Crippen MR) is 80.0 cm³/mol.